The number of hydrogen-bond donors (Lipinski definition) is 2. The SMILES string of the molecule is C[C@@H](Nc1nc(N(C)C)nc2cnc(C3CCOCC3)cc12)c1cc(N)cc(C(F)(F)F)c1. The molecule has 3 N–H and O–H groups in total. The van der Waals surface area contributed by atoms with Gasteiger partial charge in [0.15, 0.2) is 0 Å². The molecule has 1 aliphatic heterocycles. The van der Waals surface area contributed by atoms with Gasteiger partial charge in [-0.3, -0.25) is 4.98 Å². The second-order valence-corrected chi connectivity index (χ2v) is 8.53. The highest BCUT2D eigenvalue weighted by Crippen LogP contribution is 2.35. The van der Waals surface area contributed by atoms with Crippen LogP contribution in [0.3, 0.4) is 0 Å². The third kappa shape index (κ3) is 5.11. The lowest BCUT2D eigenvalue weighted by atomic mass is 9.95. The summed E-state index contributed by atoms with van der Waals surface area (Å²) in [5, 5.41) is 4.05. The number of nitrogen functional groups attached to an aromatic ring is 1. The van der Waals surface area contributed by atoms with Crippen LogP contribution in [0.2, 0.25) is 0 Å². The van der Waals surface area contributed by atoms with E-state index in [1.54, 1.807) is 18.0 Å². The van der Waals surface area contributed by atoms with E-state index in [0.717, 1.165) is 36.1 Å². The second-order valence-electron chi connectivity index (χ2n) is 8.53. The van der Waals surface area contributed by atoms with Crippen LogP contribution in [0.25, 0.3) is 10.9 Å². The molecule has 0 spiro atoms. The molecule has 0 aliphatic carbocycles. The van der Waals surface area contributed by atoms with Gasteiger partial charge in [0.25, 0.3) is 0 Å². The van der Waals surface area contributed by atoms with Crippen molar-refractivity contribution >= 4 is 28.4 Å². The largest absolute Gasteiger partial charge is 0.416 e. The van der Waals surface area contributed by atoms with Crippen LogP contribution in [0.1, 0.15) is 48.5 Å². The maximum atomic E-state index is 13.3. The monoisotopic (exact) mass is 460 g/mol. The Labute approximate surface area is 190 Å². The van der Waals surface area contributed by atoms with Crippen molar-refractivity contribution in [2.75, 3.05) is 43.3 Å². The van der Waals surface area contributed by atoms with E-state index in [4.69, 9.17) is 10.5 Å². The Morgan fingerprint density at radius 3 is 2.52 bits per heavy atom. The molecule has 1 aliphatic rings. The van der Waals surface area contributed by atoms with Crippen molar-refractivity contribution in [1.29, 1.82) is 0 Å². The highest BCUT2D eigenvalue weighted by molar-refractivity contribution is 5.90. The maximum absolute atomic E-state index is 13.3. The molecule has 1 aromatic carbocycles. The van der Waals surface area contributed by atoms with Crippen LogP contribution in [0.4, 0.5) is 30.6 Å². The molecule has 10 heteroatoms. The molecule has 0 amide bonds. The van der Waals surface area contributed by atoms with Gasteiger partial charge >= 0.3 is 6.18 Å². The first-order valence-corrected chi connectivity index (χ1v) is 10.8. The number of rotatable bonds is 5. The molecule has 2 aromatic heterocycles. The number of pyridine rings is 1. The lowest BCUT2D eigenvalue weighted by Crippen LogP contribution is -2.17. The number of anilines is 3. The Hall–Kier alpha value is -3.14. The van der Waals surface area contributed by atoms with Crippen LogP contribution in [-0.4, -0.2) is 42.3 Å². The predicted molar refractivity (Wildman–Crippen MR) is 122 cm³/mol. The Balaban J connectivity index is 1.74. The summed E-state index contributed by atoms with van der Waals surface area (Å²) in [7, 11) is 3.65. The molecule has 0 saturated carbocycles. The number of fused-ring (bicyclic) bond motifs is 1. The number of halogens is 3. The molecule has 1 atom stereocenters. The zero-order chi connectivity index (χ0) is 23.8. The Kier molecular flexibility index (Phi) is 6.29. The molecule has 3 aromatic rings. The minimum atomic E-state index is -4.48. The number of hydrogen-bond acceptors (Lipinski definition) is 7. The highest BCUT2D eigenvalue weighted by atomic mass is 19.4. The first kappa shape index (κ1) is 23.0. The summed E-state index contributed by atoms with van der Waals surface area (Å²) in [6.07, 6.45) is -0.976. The average Bonchev–Trinajstić information content (AvgIpc) is 2.78. The van der Waals surface area contributed by atoms with Gasteiger partial charge in [-0.1, -0.05) is 0 Å². The van der Waals surface area contributed by atoms with Crippen molar-refractivity contribution in [2.45, 2.75) is 37.9 Å². The number of alkyl halides is 3. The van der Waals surface area contributed by atoms with Crippen LogP contribution in [0.5, 0.6) is 0 Å². The van der Waals surface area contributed by atoms with E-state index in [9.17, 15) is 13.2 Å². The number of benzene rings is 1. The molecular formula is C23H27F3N6O. The summed E-state index contributed by atoms with van der Waals surface area (Å²) in [4.78, 5) is 15.6. The van der Waals surface area contributed by atoms with Crippen molar-refractivity contribution in [3.05, 3.63) is 47.3 Å². The van der Waals surface area contributed by atoms with Crippen LogP contribution in [0.15, 0.2) is 30.5 Å². The van der Waals surface area contributed by atoms with Crippen LogP contribution in [-0.2, 0) is 10.9 Å². The number of nitrogens with zero attached hydrogens (tertiary/aromatic N) is 4. The molecule has 0 unspecified atom stereocenters. The standard InChI is InChI=1S/C23H27F3N6O/c1-13(15-8-16(23(24,25)26)10-17(27)9-15)29-21-18-11-19(14-4-6-33-7-5-14)28-12-20(18)30-22(31-21)32(2)3/h8-14H,4-7,27H2,1-3H3,(H,29,30,31)/t13-/m1/s1. The zero-order valence-corrected chi connectivity index (χ0v) is 18.8. The van der Waals surface area contributed by atoms with Gasteiger partial charge in [-0.05, 0) is 49.6 Å². The van der Waals surface area contributed by atoms with Gasteiger partial charge in [0.1, 0.15) is 5.82 Å². The Morgan fingerprint density at radius 1 is 1.12 bits per heavy atom. The van der Waals surface area contributed by atoms with Crippen molar-refractivity contribution in [3.8, 4) is 0 Å². The van der Waals surface area contributed by atoms with E-state index in [0.29, 0.717) is 36.1 Å². The molecule has 7 nitrogen and oxygen atoms in total. The minimum Gasteiger partial charge on any atom is -0.399 e. The summed E-state index contributed by atoms with van der Waals surface area (Å²) in [5.41, 5.74) is 7.05. The van der Waals surface area contributed by atoms with Crippen molar-refractivity contribution < 1.29 is 17.9 Å². The Morgan fingerprint density at radius 2 is 1.85 bits per heavy atom. The highest BCUT2D eigenvalue weighted by Gasteiger charge is 2.31. The fraction of sp³-hybridized carbons (Fsp3) is 0.435. The summed E-state index contributed by atoms with van der Waals surface area (Å²) >= 11 is 0. The van der Waals surface area contributed by atoms with E-state index in [1.807, 2.05) is 20.2 Å². The first-order chi connectivity index (χ1) is 15.6. The summed E-state index contributed by atoms with van der Waals surface area (Å²) in [5.74, 6) is 1.29. The van der Waals surface area contributed by atoms with Crippen LogP contribution in [0, 0.1) is 0 Å². The molecule has 4 rings (SSSR count). The van der Waals surface area contributed by atoms with E-state index in [1.165, 1.54) is 6.07 Å². The summed E-state index contributed by atoms with van der Waals surface area (Å²) in [6.45, 7) is 3.16. The molecule has 0 bridgehead atoms. The van der Waals surface area contributed by atoms with E-state index >= 15 is 0 Å². The van der Waals surface area contributed by atoms with Gasteiger partial charge in [-0.2, -0.15) is 18.2 Å². The lowest BCUT2D eigenvalue weighted by molar-refractivity contribution is -0.137. The van der Waals surface area contributed by atoms with Crippen molar-refractivity contribution in [1.82, 2.24) is 15.0 Å². The predicted octanol–water partition coefficient (Wildman–Crippen LogP) is 4.76. The van der Waals surface area contributed by atoms with E-state index < -0.39 is 17.8 Å². The fourth-order valence-electron chi connectivity index (χ4n) is 3.94. The van der Waals surface area contributed by atoms with Gasteiger partial charge in [0, 0.05) is 50.0 Å². The zero-order valence-electron chi connectivity index (χ0n) is 18.8. The lowest BCUT2D eigenvalue weighted by Gasteiger charge is -2.23. The topological polar surface area (TPSA) is 89.2 Å². The quantitative estimate of drug-likeness (QED) is 0.531. The summed E-state index contributed by atoms with van der Waals surface area (Å²) < 4.78 is 45.3. The minimum absolute atomic E-state index is 0.0565. The average molecular weight is 461 g/mol. The third-order valence-corrected chi connectivity index (χ3v) is 5.79. The smallest absolute Gasteiger partial charge is 0.399 e. The first-order valence-electron chi connectivity index (χ1n) is 10.8. The number of nitrogens with one attached hydrogen (secondary N) is 1. The summed E-state index contributed by atoms with van der Waals surface area (Å²) in [6, 6.07) is 5.08. The van der Waals surface area contributed by atoms with Crippen LogP contribution >= 0.6 is 0 Å². The molecule has 33 heavy (non-hydrogen) atoms. The Bertz CT molecular complexity index is 1140. The molecule has 1 saturated heterocycles. The molecule has 176 valence electrons. The normalized spacial score (nSPS) is 16.1. The second kappa shape index (κ2) is 9.01. The van der Waals surface area contributed by atoms with Gasteiger partial charge in [-0.15, -0.1) is 0 Å². The van der Waals surface area contributed by atoms with E-state index in [2.05, 4.69) is 20.3 Å². The number of ether oxygens (including phenoxy) is 1. The molecule has 0 radical (unpaired) electrons. The number of nitrogens with two attached hydrogens (primary N) is 1. The molecule has 3 heterocycles. The van der Waals surface area contributed by atoms with E-state index in [-0.39, 0.29) is 11.6 Å². The third-order valence-electron chi connectivity index (χ3n) is 5.79. The van der Waals surface area contributed by atoms with Crippen molar-refractivity contribution in [2.24, 2.45) is 0 Å². The molecule has 1 fully saturated rings. The van der Waals surface area contributed by atoms with Crippen LogP contribution < -0.4 is 16.0 Å². The maximum Gasteiger partial charge on any atom is 0.416 e. The van der Waals surface area contributed by atoms with Gasteiger partial charge < -0.3 is 20.7 Å². The van der Waals surface area contributed by atoms with Gasteiger partial charge in [-0.25, -0.2) is 4.98 Å². The van der Waals surface area contributed by atoms with Gasteiger partial charge in [0.2, 0.25) is 5.95 Å². The van der Waals surface area contributed by atoms with Gasteiger partial charge in [0.05, 0.1) is 23.3 Å². The fourth-order valence-corrected chi connectivity index (χ4v) is 3.94. The number of aromatic nitrogens is 3. The molecular weight excluding hydrogens is 433 g/mol. The van der Waals surface area contributed by atoms with Crippen molar-refractivity contribution in [3.63, 3.8) is 0 Å².